The molecule has 41 heavy (non-hydrogen) atoms. The molecule has 0 amide bonds. The summed E-state index contributed by atoms with van der Waals surface area (Å²) in [5.74, 6) is 2.53. The fourth-order valence-corrected chi connectivity index (χ4v) is 4.74. The Labute approximate surface area is 239 Å². The molecule has 214 valence electrons. The molecule has 0 unspecified atom stereocenters. The lowest BCUT2D eigenvalue weighted by Gasteiger charge is -2.17. The second kappa shape index (κ2) is 13.2. The number of pyridine rings is 1. The minimum atomic E-state index is -0.0425. The van der Waals surface area contributed by atoms with E-state index in [2.05, 4.69) is 40.6 Å². The minimum absolute atomic E-state index is 0.0425. The summed E-state index contributed by atoms with van der Waals surface area (Å²) in [6.07, 6.45) is 10.2. The van der Waals surface area contributed by atoms with E-state index in [-0.39, 0.29) is 5.78 Å². The number of carbonyl (C=O) groups excluding carboxylic acids is 1. The van der Waals surface area contributed by atoms with Gasteiger partial charge in [0.05, 0.1) is 48.6 Å². The van der Waals surface area contributed by atoms with Crippen molar-refractivity contribution in [2.24, 2.45) is 7.05 Å². The Morgan fingerprint density at radius 1 is 1.00 bits per heavy atom. The van der Waals surface area contributed by atoms with Gasteiger partial charge in [-0.05, 0) is 44.5 Å². The van der Waals surface area contributed by atoms with Crippen molar-refractivity contribution >= 4 is 28.8 Å². The van der Waals surface area contributed by atoms with Crippen molar-refractivity contribution in [2.75, 3.05) is 44.0 Å². The Morgan fingerprint density at radius 3 is 2.54 bits per heavy atom. The van der Waals surface area contributed by atoms with Gasteiger partial charge in [0, 0.05) is 32.3 Å². The number of carbonyl (C=O) groups is 1. The van der Waals surface area contributed by atoms with Crippen LogP contribution >= 0.6 is 0 Å². The maximum absolute atomic E-state index is 12.8. The molecule has 2 N–H and O–H groups in total. The first-order chi connectivity index (χ1) is 20.0. The zero-order valence-electron chi connectivity index (χ0n) is 23.6. The molecule has 0 spiro atoms. The second-order valence-electron chi connectivity index (χ2n) is 9.76. The normalized spacial score (nSPS) is 13.2. The van der Waals surface area contributed by atoms with Crippen LogP contribution in [0.1, 0.15) is 43.0 Å². The zero-order valence-corrected chi connectivity index (χ0v) is 23.6. The molecule has 0 saturated carbocycles. The number of benzene rings is 1. The van der Waals surface area contributed by atoms with E-state index in [0.29, 0.717) is 59.1 Å². The average molecular weight is 558 g/mol. The highest BCUT2D eigenvalue weighted by molar-refractivity contribution is 6.02. The van der Waals surface area contributed by atoms with Crippen molar-refractivity contribution in [3.63, 3.8) is 0 Å². The van der Waals surface area contributed by atoms with Crippen LogP contribution < -0.4 is 20.1 Å². The Kier molecular flexibility index (Phi) is 8.99. The number of rotatable bonds is 13. The lowest BCUT2D eigenvalue weighted by Crippen LogP contribution is -2.22. The number of nitrogens with one attached hydrogen (secondary N) is 2. The fourth-order valence-electron chi connectivity index (χ4n) is 4.74. The van der Waals surface area contributed by atoms with E-state index >= 15 is 0 Å². The van der Waals surface area contributed by atoms with E-state index in [0.717, 1.165) is 18.5 Å². The van der Waals surface area contributed by atoms with Crippen molar-refractivity contribution in [1.82, 2.24) is 34.6 Å². The Balaban J connectivity index is 1.30. The summed E-state index contributed by atoms with van der Waals surface area (Å²) in [5, 5.41) is 10.9. The summed E-state index contributed by atoms with van der Waals surface area (Å²) in [6, 6.07) is 7.40. The second-order valence-corrected chi connectivity index (χ2v) is 9.76. The molecule has 4 heterocycles. The van der Waals surface area contributed by atoms with Gasteiger partial charge in [0.25, 0.3) is 0 Å². The number of aryl methyl sites for hydroxylation is 1. The highest BCUT2D eigenvalue weighted by Crippen LogP contribution is 2.37. The smallest absolute Gasteiger partial charge is 0.232 e. The van der Waals surface area contributed by atoms with Crippen LogP contribution in [0.4, 0.5) is 23.0 Å². The topological polar surface area (TPSA) is 132 Å². The van der Waals surface area contributed by atoms with E-state index < -0.39 is 0 Å². The van der Waals surface area contributed by atoms with Gasteiger partial charge in [-0.1, -0.05) is 13.0 Å². The molecule has 0 atom stereocenters. The molecular formula is C29H35N9O3. The monoisotopic (exact) mass is 557 g/mol. The number of hydrogen-bond acceptors (Lipinski definition) is 11. The van der Waals surface area contributed by atoms with Crippen molar-refractivity contribution < 1.29 is 14.3 Å². The fraction of sp³-hybridized carbons (Fsp3) is 0.379. The SMILES string of the molecule is CCC(=O)c1cnc(Nc2cnc(OCCCN3CCCC3)cn2)cc1Nc1cccc(-c2ncn(C)n2)c1OC. The molecule has 1 fully saturated rings. The third-order valence-electron chi connectivity index (χ3n) is 6.81. The van der Waals surface area contributed by atoms with Crippen molar-refractivity contribution in [1.29, 1.82) is 0 Å². The maximum atomic E-state index is 12.8. The number of aromatic nitrogens is 6. The zero-order chi connectivity index (χ0) is 28.6. The van der Waals surface area contributed by atoms with Crippen LogP contribution in [0, 0.1) is 0 Å². The number of ketones is 1. The number of para-hydroxylation sites is 1. The molecule has 3 aromatic heterocycles. The number of nitrogens with zero attached hydrogens (tertiary/aromatic N) is 7. The van der Waals surface area contributed by atoms with E-state index in [9.17, 15) is 4.79 Å². The van der Waals surface area contributed by atoms with Crippen molar-refractivity contribution in [2.45, 2.75) is 32.6 Å². The molecule has 1 aliphatic rings. The van der Waals surface area contributed by atoms with Gasteiger partial charge in [-0.2, -0.15) is 5.10 Å². The van der Waals surface area contributed by atoms with E-state index in [1.165, 1.54) is 25.9 Å². The van der Waals surface area contributed by atoms with Crippen LogP contribution in [0.2, 0.25) is 0 Å². The number of ether oxygens (including phenoxy) is 2. The molecule has 12 heteroatoms. The summed E-state index contributed by atoms with van der Waals surface area (Å²) >= 11 is 0. The summed E-state index contributed by atoms with van der Waals surface area (Å²) in [7, 11) is 3.39. The first-order valence-corrected chi connectivity index (χ1v) is 13.8. The summed E-state index contributed by atoms with van der Waals surface area (Å²) in [6.45, 7) is 5.82. The Hall–Kier alpha value is -4.58. The van der Waals surface area contributed by atoms with Gasteiger partial charge < -0.3 is 25.0 Å². The van der Waals surface area contributed by atoms with Gasteiger partial charge in [-0.15, -0.1) is 0 Å². The summed E-state index contributed by atoms with van der Waals surface area (Å²) in [5.41, 5.74) is 2.42. The molecule has 0 bridgehead atoms. The van der Waals surface area contributed by atoms with Crippen LogP contribution in [-0.4, -0.2) is 73.8 Å². The standard InChI is InChI=1S/C29H35N9O3/c1-4-24(39)21-16-30-25(35-26-17-32-27(18-31-26)41-14-8-13-38-11-5-6-12-38)15-23(21)34-22-10-7-9-20(28(22)40-3)29-33-19-37(2)36-29/h7,9-10,15-19H,4-6,8,11-14H2,1-3H3,(H2,30,31,34,35). The van der Waals surface area contributed by atoms with Gasteiger partial charge in [-0.25, -0.2) is 19.9 Å². The first-order valence-electron chi connectivity index (χ1n) is 13.8. The largest absolute Gasteiger partial charge is 0.494 e. The van der Waals surface area contributed by atoms with Crippen molar-refractivity contribution in [3.8, 4) is 23.0 Å². The van der Waals surface area contributed by atoms with Gasteiger partial charge in [0.1, 0.15) is 18.0 Å². The molecule has 1 aliphatic heterocycles. The third-order valence-corrected chi connectivity index (χ3v) is 6.81. The van der Waals surface area contributed by atoms with Crippen LogP contribution in [-0.2, 0) is 7.05 Å². The summed E-state index contributed by atoms with van der Waals surface area (Å²) in [4.78, 5) is 32.8. The third kappa shape index (κ3) is 6.95. The lowest BCUT2D eigenvalue weighted by molar-refractivity contribution is 0.0988. The number of methoxy groups -OCH3 is 1. The van der Waals surface area contributed by atoms with Crippen LogP contribution in [0.5, 0.6) is 11.6 Å². The average Bonchev–Trinajstić information content (AvgIpc) is 3.68. The van der Waals surface area contributed by atoms with E-state index in [4.69, 9.17) is 9.47 Å². The number of Topliss-reactive ketones (excluding diaryl/α,β-unsaturated/α-hetero) is 1. The van der Waals surface area contributed by atoms with E-state index in [1.54, 1.807) is 49.8 Å². The Morgan fingerprint density at radius 2 is 1.83 bits per heavy atom. The van der Waals surface area contributed by atoms with Crippen molar-refractivity contribution in [3.05, 3.63) is 54.7 Å². The molecule has 0 aliphatic carbocycles. The first kappa shape index (κ1) is 28.0. The van der Waals surface area contributed by atoms with E-state index in [1.807, 2.05) is 25.1 Å². The lowest BCUT2D eigenvalue weighted by atomic mass is 10.1. The molecule has 5 rings (SSSR count). The molecule has 4 aromatic rings. The molecule has 1 saturated heterocycles. The molecular weight excluding hydrogens is 522 g/mol. The predicted molar refractivity (Wildman–Crippen MR) is 156 cm³/mol. The highest BCUT2D eigenvalue weighted by atomic mass is 16.5. The summed E-state index contributed by atoms with van der Waals surface area (Å²) < 4.78 is 13.1. The van der Waals surface area contributed by atoms with Gasteiger partial charge in [0.2, 0.25) is 5.88 Å². The number of hydrogen-bond donors (Lipinski definition) is 2. The van der Waals surface area contributed by atoms with Crippen LogP contribution in [0.15, 0.2) is 49.2 Å². The van der Waals surface area contributed by atoms with Crippen LogP contribution in [0.25, 0.3) is 11.4 Å². The maximum Gasteiger partial charge on any atom is 0.232 e. The molecule has 12 nitrogen and oxygen atoms in total. The van der Waals surface area contributed by atoms with Gasteiger partial charge >= 0.3 is 0 Å². The number of likely N-dealkylation sites (tertiary alicyclic amines) is 1. The van der Waals surface area contributed by atoms with Gasteiger partial charge in [-0.3, -0.25) is 9.48 Å². The van der Waals surface area contributed by atoms with Crippen LogP contribution in [0.3, 0.4) is 0 Å². The Bertz CT molecular complexity index is 1470. The van der Waals surface area contributed by atoms with Gasteiger partial charge in [0.15, 0.2) is 17.4 Å². The predicted octanol–water partition coefficient (Wildman–Crippen LogP) is 4.62. The minimum Gasteiger partial charge on any atom is -0.494 e. The molecule has 1 aromatic carbocycles. The highest BCUT2D eigenvalue weighted by Gasteiger charge is 2.18. The molecule has 0 radical (unpaired) electrons. The quantitative estimate of drug-likeness (QED) is 0.176. The number of anilines is 4.